The van der Waals surface area contributed by atoms with E-state index >= 15 is 0 Å². The Kier molecular flexibility index (Phi) is 3.68. The molecule has 0 atom stereocenters. The molecule has 0 N–H and O–H groups in total. The minimum Gasteiger partial charge on any atom is -0.481 e. The van der Waals surface area contributed by atoms with Crippen molar-refractivity contribution in [1.82, 2.24) is 8.96 Å². The maximum absolute atomic E-state index is 12.4. The van der Waals surface area contributed by atoms with E-state index < -0.39 is 10.0 Å². The number of pyridine rings is 1. The zero-order valence-electron chi connectivity index (χ0n) is 11.9. The Hall–Kier alpha value is -2.60. The minimum absolute atomic E-state index is 0.244. The quantitative estimate of drug-likeness (QED) is 0.743. The van der Waals surface area contributed by atoms with Gasteiger partial charge in [0.05, 0.1) is 12.0 Å². The lowest BCUT2D eigenvalue weighted by atomic mass is 10.1. The Balaban J connectivity index is 1.92. The summed E-state index contributed by atoms with van der Waals surface area (Å²) in [7, 11) is -1.97. The van der Waals surface area contributed by atoms with Crippen LogP contribution in [0.5, 0.6) is 5.88 Å². The van der Waals surface area contributed by atoms with Crippen LogP contribution in [0.15, 0.2) is 72.0 Å². The lowest BCUT2D eigenvalue weighted by Crippen LogP contribution is -2.10. The van der Waals surface area contributed by atoms with Gasteiger partial charge in [-0.1, -0.05) is 12.1 Å². The third-order valence-corrected chi connectivity index (χ3v) is 4.95. The molecule has 0 aliphatic rings. The van der Waals surface area contributed by atoms with Gasteiger partial charge in [0, 0.05) is 30.2 Å². The highest BCUT2D eigenvalue weighted by Gasteiger charge is 2.15. The predicted octanol–water partition coefficient (Wildman–Crippen LogP) is 2.80. The third-order valence-electron chi connectivity index (χ3n) is 3.29. The number of rotatable bonds is 4. The Morgan fingerprint density at radius 2 is 1.59 bits per heavy atom. The maximum atomic E-state index is 12.4. The fourth-order valence-corrected chi connectivity index (χ4v) is 3.28. The second kappa shape index (κ2) is 5.65. The standard InChI is InChI=1S/C16H14N2O3S/c1-21-16-9-6-14(12-17-16)13-4-7-15(8-5-13)22(19,20)18-10-2-3-11-18/h2-12H,1H3. The second-order valence-electron chi connectivity index (χ2n) is 4.63. The summed E-state index contributed by atoms with van der Waals surface area (Å²) in [5.41, 5.74) is 1.78. The van der Waals surface area contributed by atoms with Crippen molar-refractivity contribution >= 4 is 10.0 Å². The number of benzene rings is 1. The summed E-state index contributed by atoms with van der Waals surface area (Å²) in [5, 5.41) is 0. The van der Waals surface area contributed by atoms with Gasteiger partial charge in [0.2, 0.25) is 5.88 Å². The van der Waals surface area contributed by atoms with Crippen molar-refractivity contribution in [1.29, 1.82) is 0 Å². The van der Waals surface area contributed by atoms with E-state index in [9.17, 15) is 8.42 Å². The third kappa shape index (κ3) is 2.60. The molecule has 2 aromatic heterocycles. The average Bonchev–Trinajstić information content (AvgIpc) is 3.10. The number of ether oxygens (including phenoxy) is 1. The molecule has 0 bridgehead atoms. The summed E-state index contributed by atoms with van der Waals surface area (Å²) in [5.74, 6) is 0.538. The number of hydrogen-bond donors (Lipinski definition) is 0. The number of nitrogens with zero attached hydrogens (tertiary/aromatic N) is 2. The van der Waals surface area contributed by atoms with Gasteiger partial charge < -0.3 is 4.74 Å². The van der Waals surface area contributed by atoms with Crippen molar-refractivity contribution in [2.45, 2.75) is 4.90 Å². The van der Waals surface area contributed by atoms with Gasteiger partial charge in [0.1, 0.15) is 0 Å². The van der Waals surface area contributed by atoms with Crippen molar-refractivity contribution in [2.75, 3.05) is 7.11 Å². The molecule has 6 heteroatoms. The number of aromatic nitrogens is 2. The molecule has 5 nitrogen and oxygen atoms in total. The molecule has 112 valence electrons. The normalized spacial score (nSPS) is 11.3. The van der Waals surface area contributed by atoms with E-state index in [1.165, 1.54) is 16.4 Å². The molecule has 3 aromatic rings. The molecule has 0 spiro atoms. The Morgan fingerprint density at radius 1 is 0.955 bits per heavy atom. The van der Waals surface area contributed by atoms with Crippen LogP contribution < -0.4 is 4.74 Å². The van der Waals surface area contributed by atoms with Gasteiger partial charge in [-0.2, -0.15) is 0 Å². The first-order valence-corrected chi connectivity index (χ1v) is 8.04. The van der Waals surface area contributed by atoms with Gasteiger partial charge in [-0.25, -0.2) is 17.4 Å². The molecule has 0 saturated carbocycles. The van der Waals surface area contributed by atoms with Crippen LogP contribution in [-0.4, -0.2) is 24.5 Å². The molecule has 0 aliphatic carbocycles. The molecular formula is C16H14N2O3S. The highest BCUT2D eigenvalue weighted by atomic mass is 32.2. The molecule has 0 fully saturated rings. The molecule has 0 saturated heterocycles. The lowest BCUT2D eigenvalue weighted by Gasteiger charge is -2.07. The van der Waals surface area contributed by atoms with E-state index in [1.54, 1.807) is 55.8 Å². The monoisotopic (exact) mass is 314 g/mol. The Morgan fingerprint density at radius 3 is 2.14 bits per heavy atom. The Labute approximate surface area is 128 Å². The zero-order valence-corrected chi connectivity index (χ0v) is 12.7. The molecular weight excluding hydrogens is 300 g/mol. The van der Waals surface area contributed by atoms with Crippen LogP contribution in [0, 0.1) is 0 Å². The fourth-order valence-electron chi connectivity index (χ4n) is 2.09. The second-order valence-corrected chi connectivity index (χ2v) is 6.47. The van der Waals surface area contributed by atoms with Crippen molar-refractivity contribution in [3.05, 3.63) is 67.1 Å². The van der Waals surface area contributed by atoms with Crippen LogP contribution in [-0.2, 0) is 10.0 Å². The molecule has 1 aromatic carbocycles. The summed E-state index contributed by atoms with van der Waals surface area (Å²) >= 11 is 0. The van der Waals surface area contributed by atoms with E-state index in [1.807, 2.05) is 6.07 Å². The van der Waals surface area contributed by atoms with E-state index in [4.69, 9.17) is 4.74 Å². The van der Waals surface area contributed by atoms with Gasteiger partial charge in [0.25, 0.3) is 10.0 Å². The van der Waals surface area contributed by atoms with Crippen LogP contribution in [0.1, 0.15) is 0 Å². The number of methoxy groups -OCH3 is 1. The first-order chi connectivity index (χ1) is 10.6. The Bertz CT molecular complexity index is 853. The first kappa shape index (κ1) is 14.3. The fraction of sp³-hybridized carbons (Fsp3) is 0.0625. The van der Waals surface area contributed by atoms with Gasteiger partial charge in [-0.05, 0) is 35.9 Å². The van der Waals surface area contributed by atoms with Crippen LogP contribution in [0.2, 0.25) is 0 Å². The van der Waals surface area contributed by atoms with Gasteiger partial charge in [0.15, 0.2) is 0 Å². The van der Waals surface area contributed by atoms with Gasteiger partial charge >= 0.3 is 0 Å². The average molecular weight is 314 g/mol. The largest absolute Gasteiger partial charge is 0.481 e. The van der Waals surface area contributed by atoms with Gasteiger partial charge in [-0.3, -0.25) is 0 Å². The highest BCUT2D eigenvalue weighted by Crippen LogP contribution is 2.23. The van der Waals surface area contributed by atoms with E-state index in [0.717, 1.165) is 11.1 Å². The summed E-state index contributed by atoms with van der Waals surface area (Å²) in [6.07, 6.45) is 4.71. The first-order valence-electron chi connectivity index (χ1n) is 6.60. The van der Waals surface area contributed by atoms with Crippen molar-refractivity contribution in [3.63, 3.8) is 0 Å². The van der Waals surface area contributed by atoms with Crippen molar-refractivity contribution in [2.24, 2.45) is 0 Å². The number of hydrogen-bond acceptors (Lipinski definition) is 4. The minimum atomic E-state index is -3.52. The predicted molar refractivity (Wildman–Crippen MR) is 83.2 cm³/mol. The summed E-state index contributed by atoms with van der Waals surface area (Å²) in [6, 6.07) is 13.7. The van der Waals surface area contributed by atoms with Crippen molar-refractivity contribution < 1.29 is 13.2 Å². The molecule has 22 heavy (non-hydrogen) atoms. The van der Waals surface area contributed by atoms with Gasteiger partial charge in [-0.15, -0.1) is 0 Å². The molecule has 0 amide bonds. The molecule has 0 aliphatic heterocycles. The molecule has 2 heterocycles. The van der Waals surface area contributed by atoms with Crippen LogP contribution in [0.3, 0.4) is 0 Å². The van der Waals surface area contributed by atoms with Crippen LogP contribution in [0.4, 0.5) is 0 Å². The van der Waals surface area contributed by atoms with E-state index in [-0.39, 0.29) is 4.90 Å². The highest BCUT2D eigenvalue weighted by molar-refractivity contribution is 7.90. The SMILES string of the molecule is COc1ccc(-c2ccc(S(=O)(=O)n3cccc3)cc2)cn1. The molecule has 3 rings (SSSR count). The van der Waals surface area contributed by atoms with Crippen LogP contribution in [0.25, 0.3) is 11.1 Å². The summed E-state index contributed by atoms with van der Waals surface area (Å²) in [6.45, 7) is 0. The maximum Gasteiger partial charge on any atom is 0.267 e. The molecule has 0 unspecified atom stereocenters. The lowest BCUT2D eigenvalue weighted by molar-refractivity contribution is 0.398. The van der Waals surface area contributed by atoms with E-state index in [2.05, 4.69) is 4.98 Å². The van der Waals surface area contributed by atoms with Crippen molar-refractivity contribution in [3.8, 4) is 17.0 Å². The smallest absolute Gasteiger partial charge is 0.267 e. The zero-order chi connectivity index (χ0) is 15.6. The van der Waals surface area contributed by atoms with Crippen LogP contribution >= 0.6 is 0 Å². The summed E-state index contributed by atoms with van der Waals surface area (Å²) in [4.78, 5) is 4.39. The topological polar surface area (TPSA) is 61.2 Å². The molecule has 0 radical (unpaired) electrons. The summed E-state index contributed by atoms with van der Waals surface area (Å²) < 4.78 is 30.9. The van der Waals surface area contributed by atoms with E-state index in [0.29, 0.717) is 5.88 Å².